The number of carbonyl (C=O) groups excluding carboxylic acids is 3. The lowest BCUT2D eigenvalue weighted by atomic mass is 9.99. The summed E-state index contributed by atoms with van der Waals surface area (Å²) in [5.41, 5.74) is 6.78. The molecule has 1 aliphatic rings. The Morgan fingerprint density at radius 3 is 2.36 bits per heavy atom. The van der Waals surface area contributed by atoms with Crippen LogP contribution in [0.5, 0.6) is 0 Å². The maximum Gasteiger partial charge on any atom is 0.326 e. The first-order valence-corrected chi connectivity index (χ1v) is 11.9. The van der Waals surface area contributed by atoms with Crippen molar-refractivity contribution in [2.24, 2.45) is 11.7 Å². The molecule has 182 valence electrons. The SMILES string of the molecule is CCC(C)C(N)C(=O)NC(CS)C(=O)NC(Cc1ccccc1)C(=O)N1CCCC1C(=O)O. The van der Waals surface area contributed by atoms with Crippen LogP contribution >= 0.6 is 12.6 Å². The first-order valence-electron chi connectivity index (χ1n) is 11.2. The number of carboxylic acids is 1. The second-order valence-electron chi connectivity index (χ2n) is 8.43. The maximum absolute atomic E-state index is 13.3. The Morgan fingerprint density at radius 1 is 1.15 bits per heavy atom. The van der Waals surface area contributed by atoms with E-state index in [4.69, 9.17) is 5.73 Å². The highest BCUT2D eigenvalue weighted by Gasteiger charge is 2.38. The number of carboxylic acid groups (broad SMARTS) is 1. The lowest BCUT2D eigenvalue weighted by Crippen LogP contribution is -2.58. The summed E-state index contributed by atoms with van der Waals surface area (Å²) < 4.78 is 0. The number of likely N-dealkylation sites (tertiary alicyclic amines) is 1. The first kappa shape index (κ1) is 26.7. The van der Waals surface area contributed by atoms with Gasteiger partial charge in [-0.15, -0.1) is 0 Å². The maximum atomic E-state index is 13.3. The Bertz CT molecular complexity index is 837. The Hall–Kier alpha value is -2.59. The molecule has 0 spiro atoms. The van der Waals surface area contributed by atoms with Crippen LogP contribution in [0.3, 0.4) is 0 Å². The van der Waals surface area contributed by atoms with Crippen molar-refractivity contribution < 1.29 is 24.3 Å². The van der Waals surface area contributed by atoms with Crippen LogP contribution in [0.4, 0.5) is 0 Å². The minimum absolute atomic E-state index is 0.0124. The summed E-state index contributed by atoms with van der Waals surface area (Å²) in [6.45, 7) is 4.08. The molecule has 33 heavy (non-hydrogen) atoms. The Kier molecular flexibility index (Phi) is 10.2. The third-order valence-electron chi connectivity index (χ3n) is 6.09. The molecule has 5 atom stereocenters. The minimum atomic E-state index is -1.06. The molecule has 1 saturated heterocycles. The van der Waals surface area contributed by atoms with Crippen LogP contribution in [-0.2, 0) is 25.6 Å². The van der Waals surface area contributed by atoms with Crippen molar-refractivity contribution in [1.29, 1.82) is 0 Å². The van der Waals surface area contributed by atoms with Gasteiger partial charge in [0.05, 0.1) is 6.04 Å². The molecular formula is C23H34N4O5S. The molecule has 1 aliphatic heterocycles. The molecule has 3 amide bonds. The van der Waals surface area contributed by atoms with Gasteiger partial charge in [-0.1, -0.05) is 50.6 Å². The number of hydrogen-bond donors (Lipinski definition) is 5. The molecule has 5 N–H and O–H groups in total. The smallest absolute Gasteiger partial charge is 0.326 e. The van der Waals surface area contributed by atoms with Crippen molar-refractivity contribution in [3.63, 3.8) is 0 Å². The summed E-state index contributed by atoms with van der Waals surface area (Å²) in [5, 5.41) is 14.8. The second kappa shape index (κ2) is 12.6. The van der Waals surface area contributed by atoms with Crippen molar-refractivity contribution in [2.45, 2.75) is 63.7 Å². The lowest BCUT2D eigenvalue weighted by molar-refractivity contribution is -0.149. The number of nitrogens with one attached hydrogen (secondary N) is 2. The molecule has 0 bridgehead atoms. The highest BCUT2D eigenvalue weighted by molar-refractivity contribution is 7.80. The highest BCUT2D eigenvalue weighted by Crippen LogP contribution is 2.20. The molecule has 1 aromatic rings. The largest absolute Gasteiger partial charge is 0.480 e. The van der Waals surface area contributed by atoms with E-state index in [1.165, 1.54) is 4.90 Å². The third kappa shape index (κ3) is 7.20. The number of amides is 3. The zero-order valence-electron chi connectivity index (χ0n) is 19.1. The molecule has 2 rings (SSSR count). The van der Waals surface area contributed by atoms with E-state index >= 15 is 0 Å². The fraction of sp³-hybridized carbons (Fsp3) is 0.565. The second-order valence-corrected chi connectivity index (χ2v) is 8.80. The van der Waals surface area contributed by atoms with Crippen molar-refractivity contribution in [1.82, 2.24) is 15.5 Å². The zero-order chi connectivity index (χ0) is 24.5. The van der Waals surface area contributed by atoms with Crippen LogP contribution in [0.25, 0.3) is 0 Å². The molecule has 0 aromatic heterocycles. The monoisotopic (exact) mass is 478 g/mol. The molecule has 1 heterocycles. The van der Waals surface area contributed by atoms with E-state index in [1.807, 2.05) is 44.2 Å². The van der Waals surface area contributed by atoms with Gasteiger partial charge in [-0.25, -0.2) is 4.79 Å². The Labute approximate surface area is 199 Å². The van der Waals surface area contributed by atoms with Crippen LogP contribution in [0.1, 0.15) is 38.7 Å². The third-order valence-corrected chi connectivity index (χ3v) is 6.46. The van der Waals surface area contributed by atoms with E-state index in [-0.39, 0.29) is 18.1 Å². The summed E-state index contributed by atoms with van der Waals surface area (Å²) in [6.07, 6.45) is 1.85. The molecule has 1 aromatic carbocycles. The number of carbonyl (C=O) groups is 4. The van der Waals surface area contributed by atoms with E-state index < -0.39 is 47.9 Å². The van der Waals surface area contributed by atoms with Crippen molar-refractivity contribution in [3.8, 4) is 0 Å². The summed E-state index contributed by atoms with van der Waals surface area (Å²) in [4.78, 5) is 51.7. The fourth-order valence-corrected chi connectivity index (χ4v) is 4.04. The zero-order valence-corrected chi connectivity index (χ0v) is 20.0. The highest BCUT2D eigenvalue weighted by atomic mass is 32.1. The van der Waals surface area contributed by atoms with Crippen molar-refractivity contribution >= 4 is 36.3 Å². The molecule has 0 saturated carbocycles. The Morgan fingerprint density at radius 2 is 1.79 bits per heavy atom. The van der Waals surface area contributed by atoms with E-state index in [0.717, 1.165) is 5.56 Å². The predicted octanol–water partition coefficient (Wildman–Crippen LogP) is 0.578. The average molecular weight is 479 g/mol. The van der Waals surface area contributed by atoms with Gasteiger partial charge >= 0.3 is 5.97 Å². The van der Waals surface area contributed by atoms with Gasteiger partial charge in [0.1, 0.15) is 18.1 Å². The van der Waals surface area contributed by atoms with E-state index in [2.05, 4.69) is 23.3 Å². The van der Waals surface area contributed by atoms with E-state index in [1.54, 1.807) is 0 Å². The van der Waals surface area contributed by atoms with Crippen LogP contribution in [0.15, 0.2) is 30.3 Å². The number of aliphatic carboxylic acids is 1. The molecule has 10 heteroatoms. The first-order chi connectivity index (χ1) is 15.7. The number of hydrogen-bond acceptors (Lipinski definition) is 6. The quantitative estimate of drug-likeness (QED) is 0.295. The minimum Gasteiger partial charge on any atom is -0.480 e. The van der Waals surface area contributed by atoms with Crippen LogP contribution in [-0.4, -0.2) is 70.2 Å². The standard InChI is InChI=1S/C23H34N4O5S/c1-3-14(2)19(24)21(29)26-17(13-33)20(28)25-16(12-15-8-5-4-6-9-15)22(30)27-11-7-10-18(27)23(31)32/h4-6,8-9,14,16-19,33H,3,7,10-13,24H2,1-2H3,(H,25,28)(H,26,29)(H,31,32). The van der Waals surface area contributed by atoms with E-state index in [9.17, 15) is 24.3 Å². The van der Waals surface area contributed by atoms with E-state index in [0.29, 0.717) is 25.8 Å². The number of nitrogens with two attached hydrogens (primary N) is 1. The molecule has 1 fully saturated rings. The summed E-state index contributed by atoms with van der Waals surface area (Å²) in [7, 11) is 0. The van der Waals surface area contributed by atoms with Gasteiger partial charge in [0.25, 0.3) is 0 Å². The average Bonchev–Trinajstić information content (AvgIpc) is 3.31. The van der Waals surface area contributed by atoms with Gasteiger partial charge in [-0.05, 0) is 24.3 Å². The summed E-state index contributed by atoms with van der Waals surface area (Å²) in [5.74, 6) is -2.62. The Balaban J connectivity index is 2.18. The number of nitrogens with zero attached hydrogens (tertiary/aromatic N) is 1. The predicted molar refractivity (Wildman–Crippen MR) is 128 cm³/mol. The van der Waals surface area contributed by atoms with Gasteiger partial charge in [-0.2, -0.15) is 12.6 Å². The van der Waals surface area contributed by atoms with Gasteiger partial charge in [0.15, 0.2) is 0 Å². The van der Waals surface area contributed by atoms with Crippen LogP contribution in [0.2, 0.25) is 0 Å². The lowest BCUT2D eigenvalue weighted by Gasteiger charge is -2.29. The summed E-state index contributed by atoms with van der Waals surface area (Å²) >= 11 is 4.19. The molecule has 0 aliphatic carbocycles. The van der Waals surface area contributed by atoms with Gasteiger partial charge in [0.2, 0.25) is 17.7 Å². The molecular weight excluding hydrogens is 444 g/mol. The fourth-order valence-electron chi connectivity index (χ4n) is 3.78. The number of benzene rings is 1. The molecule has 0 radical (unpaired) electrons. The molecule has 5 unspecified atom stereocenters. The number of rotatable bonds is 11. The van der Waals surface area contributed by atoms with Crippen LogP contribution in [0, 0.1) is 5.92 Å². The molecule has 9 nitrogen and oxygen atoms in total. The van der Waals surface area contributed by atoms with Gasteiger partial charge < -0.3 is 26.4 Å². The van der Waals surface area contributed by atoms with Gasteiger partial charge in [-0.3, -0.25) is 14.4 Å². The van der Waals surface area contributed by atoms with Crippen molar-refractivity contribution in [3.05, 3.63) is 35.9 Å². The topological polar surface area (TPSA) is 142 Å². The van der Waals surface area contributed by atoms with Crippen LogP contribution < -0.4 is 16.4 Å². The number of thiol groups is 1. The van der Waals surface area contributed by atoms with Crippen molar-refractivity contribution in [2.75, 3.05) is 12.3 Å². The normalized spacial score (nSPS) is 19.3. The van der Waals surface area contributed by atoms with Gasteiger partial charge in [0, 0.05) is 18.7 Å². The summed E-state index contributed by atoms with van der Waals surface area (Å²) in [6, 6.07) is 5.48.